The van der Waals surface area contributed by atoms with Crippen LogP contribution in [0.5, 0.6) is 0 Å². The smallest absolute Gasteiger partial charge is 0.242 e. The Labute approximate surface area is 168 Å². The first-order valence-corrected chi connectivity index (χ1v) is 10.3. The highest BCUT2D eigenvalue weighted by Gasteiger charge is 2.16. The fourth-order valence-electron chi connectivity index (χ4n) is 2.69. The van der Waals surface area contributed by atoms with Gasteiger partial charge in [-0.1, -0.05) is 24.3 Å². The number of hydrogen-bond acceptors (Lipinski definition) is 4. The molecule has 0 saturated carbocycles. The topological polar surface area (TPSA) is 95.2 Å². The quantitative estimate of drug-likeness (QED) is 0.619. The molecule has 29 heavy (non-hydrogen) atoms. The van der Waals surface area contributed by atoms with Gasteiger partial charge < -0.3 is 5.32 Å². The molecule has 1 amide bonds. The first kappa shape index (κ1) is 20.7. The highest BCUT2D eigenvalue weighted by atomic mass is 32.2. The second-order valence-corrected chi connectivity index (χ2v) is 8.81. The van der Waals surface area contributed by atoms with E-state index in [9.17, 15) is 17.6 Å². The number of aromatic amines is 1. The second kappa shape index (κ2) is 8.54. The van der Waals surface area contributed by atoms with Gasteiger partial charge in [-0.15, -0.1) is 0 Å². The average Bonchev–Trinajstić information content (AvgIpc) is 3.15. The molecular formula is C20H21FN4O3S. The van der Waals surface area contributed by atoms with Gasteiger partial charge in [-0.25, -0.2) is 17.1 Å². The molecule has 9 heteroatoms. The van der Waals surface area contributed by atoms with Crippen LogP contribution in [0, 0.1) is 5.82 Å². The highest BCUT2D eigenvalue weighted by molar-refractivity contribution is 7.89. The van der Waals surface area contributed by atoms with E-state index in [2.05, 4.69) is 15.5 Å². The number of rotatable bonds is 7. The van der Waals surface area contributed by atoms with Crippen LogP contribution in [-0.4, -0.2) is 42.9 Å². The van der Waals surface area contributed by atoms with Gasteiger partial charge in [0, 0.05) is 32.1 Å². The third-order valence-corrected chi connectivity index (χ3v) is 6.15. The maximum Gasteiger partial charge on any atom is 0.242 e. The van der Waals surface area contributed by atoms with Crippen molar-refractivity contribution in [3.63, 3.8) is 0 Å². The van der Waals surface area contributed by atoms with Crippen LogP contribution in [0.3, 0.4) is 0 Å². The van der Waals surface area contributed by atoms with Crippen LogP contribution in [0.25, 0.3) is 11.3 Å². The summed E-state index contributed by atoms with van der Waals surface area (Å²) in [6, 6.07) is 14.1. The van der Waals surface area contributed by atoms with Gasteiger partial charge in [0.25, 0.3) is 0 Å². The number of sulfonamides is 1. The van der Waals surface area contributed by atoms with Gasteiger partial charge in [0.1, 0.15) is 5.82 Å². The molecule has 152 valence electrons. The lowest BCUT2D eigenvalue weighted by Gasteiger charge is -2.11. The molecule has 1 heterocycles. The predicted molar refractivity (Wildman–Crippen MR) is 108 cm³/mol. The van der Waals surface area contributed by atoms with Crippen LogP contribution in [0.1, 0.15) is 12.0 Å². The molecule has 0 aliphatic rings. The Morgan fingerprint density at radius 2 is 1.86 bits per heavy atom. The zero-order chi connectivity index (χ0) is 21.0. The van der Waals surface area contributed by atoms with E-state index >= 15 is 0 Å². The zero-order valence-corrected chi connectivity index (χ0v) is 16.8. The number of hydrogen-bond donors (Lipinski definition) is 2. The van der Waals surface area contributed by atoms with E-state index in [1.54, 1.807) is 30.3 Å². The van der Waals surface area contributed by atoms with E-state index in [4.69, 9.17) is 0 Å². The fraction of sp³-hybridized carbons (Fsp3) is 0.200. The van der Waals surface area contributed by atoms with Gasteiger partial charge in [0.05, 0.1) is 10.6 Å². The molecular weight excluding hydrogens is 395 g/mol. The van der Waals surface area contributed by atoms with Crippen molar-refractivity contribution in [1.82, 2.24) is 14.5 Å². The van der Waals surface area contributed by atoms with Crippen LogP contribution < -0.4 is 5.32 Å². The molecule has 0 fully saturated rings. The summed E-state index contributed by atoms with van der Waals surface area (Å²) in [7, 11) is -0.521. The zero-order valence-electron chi connectivity index (χ0n) is 16.0. The van der Waals surface area contributed by atoms with E-state index in [0.717, 1.165) is 9.87 Å². The maximum absolute atomic E-state index is 13.3. The summed E-state index contributed by atoms with van der Waals surface area (Å²) in [5, 5.41) is 9.48. The number of carbonyl (C=O) groups is 1. The largest absolute Gasteiger partial charge is 0.309 e. The lowest BCUT2D eigenvalue weighted by Crippen LogP contribution is -2.22. The summed E-state index contributed by atoms with van der Waals surface area (Å²) >= 11 is 0. The number of benzene rings is 2. The van der Waals surface area contributed by atoms with Crippen LogP contribution in [0.2, 0.25) is 0 Å². The van der Waals surface area contributed by atoms with Crippen molar-refractivity contribution in [3.8, 4) is 11.3 Å². The minimum atomic E-state index is -3.47. The molecule has 2 N–H and O–H groups in total. The maximum atomic E-state index is 13.3. The van der Waals surface area contributed by atoms with Crippen molar-refractivity contribution in [1.29, 1.82) is 0 Å². The first-order chi connectivity index (χ1) is 13.8. The Bertz CT molecular complexity index is 1110. The summed E-state index contributed by atoms with van der Waals surface area (Å²) in [6.45, 7) is 0. The van der Waals surface area contributed by atoms with Gasteiger partial charge in [-0.3, -0.25) is 9.89 Å². The molecule has 0 atom stereocenters. The lowest BCUT2D eigenvalue weighted by molar-refractivity contribution is -0.116. The number of aromatic nitrogens is 2. The van der Waals surface area contributed by atoms with Crippen molar-refractivity contribution in [2.24, 2.45) is 0 Å². The monoisotopic (exact) mass is 416 g/mol. The third kappa shape index (κ3) is 5.07. The van der Waals surface area contributed by atoms with Gasteiger partial charge in [-0.2, -0.15) is 5.10 Å². The van der Waals surface area contributed by atoms with E-state index in [1.165, 1.54) is 38.4 Å². The number of H-pyrrole nitrogens is 1. The summed E-state index contributed by atoms with van der Waals surface area (Å²) < 4.78 is 38.6. The highest BCUT2D eigenvalue weighted by Crippen LogP contribution is 2.20. The molecule has 0 aliphatic heterocycles. The molecule has 2 aromatic carbocycles. The Hall–Kier alpha value is -3.04. The van der Waals surface area contributed by atoms with E-state index in [1.807, 2.05) is 0 Å². The first-order valence-electron chi connectivity index (χ1n) is 8.88. The van der Waals surface area contributed by atoms with Crippen LogP contribution in [0.15, 0.2) is 59.5 Å². The number of anilines is 1. The van der Waals surface area contributed by atoms with Crippen molar-refractivity contribution >= 4 is 21.7 Å². The molecule has 0 aliphatic carbocycles. The normalized spacial score (nSPS) is 11.6. The summed E-state index contributed by atoms with van der Waals surface area (Å²) in [5.41, 5.74) is 2.07. The van der Waals surface area contributed by atoms with Crippen molar-refractivity contribution in [2.75, 3.05) is 19.4 Å². The molecule has 1 aromatic heterocycles. The number of halogens is 1. The Balaban J connectivity index is 1.57. The Morgan fingerprint density at radius 1 is 1.14 bits per heavy atom. The average molecular weight is 416 g/mol. The Morgan fingerprint density at radius 3 is 2.52 bits per heavy atom. The van der Waals surface area contributed by atoms with Crippen LogP contribution in [0.4, 0.5) is 10.2 Å². The van der Waals surface area contributed by atoms with Gasteiger partial charge in [0.2, 0.25) is 15.9 Å². The van der Waals surface area contributed by atoms with Gasteiger partial charge in [0.15, 0.2) is 5.82 Å². The van der Waals surface area contributed by atoms with E-state index < -0.39 is 10.0 Å². The lowest BCUT2D eigenvalue weighted by atomic mass is 10.1. The fourth-order valence-corrected chi connectivity index (χ4v) is 3.59. The van der Waals surface area contributed by atoms with Gasteiger partial charge in [-0.05, 0) is 36.2 Å². The standard InChI is InChI=1S/C20H21FN4O3S/c1-25(2)29(27,28)17-9-6-14(7-10-17)8-11-20(26)22-19-13-18(23-24-19)15-4-3-5-16(21)12-15/h3-7,9-10,12-13H,8,11H2,1-2H3,(H2,22,23,24,26). The summed E-state index contributed by atoms with van der Waals surface area (Å²) in [6.07, 6.45) is 0.664. The van der Waals surface area contributed by atoms with Crippen molar-refractivity contribution in [2.45, 2.75) is 17.7 Å². The molecule has 0 radical (unpaired) electrons. The third-order valence-electron chi connectivity index (χ3n) is 4.32. The molecule has 7 nitrogen and oxygen atoms in total. The minimum Gasteiger partial charge on any atom is -0.309 e. The summed E-state index contributed by atoms with van der Waals surface area (Å²) in [5.74, 6) is -0.235. The van der Waals surface area contributed by atoms with Crippen molar-refractivity contribution < 1.29 is 17.6 Å². The van der Waals surface area contributed by atoms with E-state index in [0.29, 0.717) is 23.5 Å². The molecule has 0 bridgehead atoms. The van der Waals surface area contributed by atoms with Crippen molar-refractivity contribution in [3.05, 3.63) is 66.0 Å². The van der Waals surface area contributed by atoms with E-state index in [-0.39, 0.29) is 23.0 Å². The molecule has 3 rings (SSSR count). The number of nitrogens with zero attached hydrogens (tertiary/aromatic N) is 2. The molecule has 0 unspecified atom stereocenters. The van der Waals surface area contributed by atoms with Gasteiger partial charge >= 0.3 is 0 Å². The molecule has 3 aromatic rings. The molecule has 0 saturated heterocycles. The summed E-state index contributed by atoms with van der Waals surface area (Å²) in [4.78, 5) is 12.4. The van der Waals surface area contributed by atoms with Crippen LogP contribution in [-0.2, 0) is 21.2 Å². The number of aryl methyl sites for hydroxylation is 1. The predicted octanol–water partition coefficient (Wildman–Crippen LogP) is 3.04. The second-order valence-electron chi connectivity index (χ2n) is 6.66. The number of carbonyl (C=O) groups excluding carboxylic acids is 1. The number of amides is 1. The number of nitrogens with one attached hydrogen (secondary N) is 2. The van der Waals surface area contributed by atoms with Crippen LogP contribution >= 0.6 is 0 Å². The Kier molecular flexibility index (Phi) is 6.09. The SMILES string of the molecule is CN(C)S(=O)(=O)c1ccc(CCC(=O)Nc2cc(-c3cccc(F)c3)[nH]n2)cc1. The molecule has 0 spiro atoms. The minimum absolute atomic E-state index is 0.206.